The molecule has 1 aromatic carbocycles. The second kappa shape index (κ2) is 6.83. The van der Waals surface area contributed by atoms with Crippen LogP contribution in [0.4, 0.5) is 0 Å². The molecule has 0 aliphatic carbocycles. The van der Waals surface area contributed by atoms with Crippen LogP contribution < -0.4 is 0 Å². The van der Waals surface area contributed by atoms with Crippen LogP contribution in [0.25, 0.3) is 0 Å². The van der Waals surface area contributed by atoms with Gasteiger partial charge in [0.15, 0.2) is 0 Å². The summed E-state index contributed by atoms with van der Waals surface area (Å²) in [6.07, 6.45) is 0. The molecule has 76 valence electrons. The summed E-state index contributed by atoms with van der Waals surface area (Å²) in [7, 11) is 1.18. The fraction of sp³-hybridized carbons (Fsp3) is 0.273. The van der Waals surface area contributed by atoms with E-state index in [1.165, 1.54) is 7.11 Å². The Bertz CT molecular complexity index is 291. The van der Waals surface area contributed by atoms with Crippen LogP contribution in [0.3, 0.4) is 0 Å². The fourth-order valence-electron chi connectivity index (χ4n) is 0.800. The zero-order valence-electron chi connectivity index (χ0n) is 8.61. The molecule has 0 aliphatic rings. The Hall–Kier alpha value is -1.64. The van der Waals surface area contributed by atoms with Crippen molar-refractivity contribution >= 4 is 11.8 Å². The van der Waals surface area contributed by atoms with E-state index < -0.39 is 11.8 Å². The number of hydrogen-bond acceptors (Lipinski definition) is 3. The average Bonchev–Trinajstić information content (AvgIpc) is 2.31. The molecule has 0 unspecified atom stereocenters. The highest BCUT2D eigenvalue weighted by molar-refractivity contribution is 6.40. The lowest BCUT2D eigenvalue weighted by Gasteiger charge is -1.96. The maximum Gasteiger partial charge on any atom is 0.379 e. The van der Waals surface area contributed by atoms with Crippen molar-refractivity contribution in [2.45, 2.75) is 13.8 Å². The third-order valence-corrected chi connectivity index (χ3v) is 1.41. The lowest BCUT2D eigenvalue weighted by Crippen LogP contribution is -2.15. The summed E-state index contributed by atoms with van der Waals surface area (Å²) in [5.41, 5.74) is 0.351. The quantitative estimate of drug-likeness (QED) is 0.411. The van der Waals surface area contributed by atoms with Gasteiger partial charge in [0.2, 0.25) is 0 Å². The van der Waals surface area contributed by atoms with Crippen LogP contribution in [-0.2, 0) is 9.53 Å². The number of carbonyl (C=O) groups excluding carboxylic acids is 2. The Labute approximate surface area is 83.7 Å². The Morgan fingerprint density at radius 1 is 1.07 bits per heavy atom. The van der Waals surface area contributed by atoms with Crippen LogP contribution >= 0.6 is 0 Å². The van der Waals surface area contributed by atoms with Gasteiger partial charge in [0.25, 0.3) is 5.78 Å². The highest BCUT2D eigenvalue weighted by Gasteiger charge is 2.14. The van der Waals surface area contributed by atoms with Crippen LogP contribution in [-0.4, -0.2) is 18.9 Å². The van der Waals surface area contributed by atoms with E-state index in [-0.39, 0.29) is 0 Å². The van der Waals surface area contributed by atoms with Gasteiger partial charge in [-0.25, -0.2) is 4.79 Å². The fourth-order valence-corrected chi connectivity index (χ4v) is 0.800. The van der Waals surface area contributed by atoms with Gasteiger partial charge in [-0.05, 0) is 0 Å². The van der Waals surface area contributed by atoms with Crippen molar-refractivity contribution < 1.29 is 14.3 Å². The van der Waals surface area contributed by atoms with Gasteiger partial charge >= 0.3 is 5.97 Å². The summed E-state index contributed by atoms with van der Waals surface area (Å²) in [5.74, 6) is -1.45. The van der Waals surface area contributed by atoms with E-state index in [9.17, 15) is 9.59 Å². The minimum atomic E-state index is -0.832. The molecule has 0 atom stereocenters. The molecule has 0 radical (unpaired) electrons. The summed E-state index contributed by atoms with van der Waals surface area (Å²) < 4.78 is 4.28. The van der Waals surface area contributed by atoms with E-state index in [1.54, 1.807) is 30.3 Å². The first-order valence-corrected chi connectivity index (χ1v) is 4.43. The maximum absolute atomic E-state index is 11.1. The predicted octanol–water partition coefficient (Wildman–Crippen LogP) is 2.07. The second-order valence-electron chi connectivity index (χ2n) is 2.19. The zero-order valence-corrected chi connectivity index (χ0v) is 8.61. The first-order chi connectivity index (χ1) is 6.75. The molecule has 3 nitrogen and oxygen atoms in total. The Balaban J connectivity index is 0.000000791. The maximum atomic E-state index is 11.1. The van der Waals surface area contributed by atoms with E-state index in [2.05, 4.69) is 4.74 Å². The Kier molecular flexibility index (Phi) is 6.03. The molecule has 0 fully saturated rings. The molecule has 0 saturated heterocycles. The SMILES string of the molecule is CC.COC(=O)C(=O)c1ccccc1. The van der Waals surface area contributed by atoms with Crippen molar-refractivity contribution in [1.82, 2.24) is 0 Å². The average molecular weight is 194 g/mol. The summed E-state index contributed by atoms with van der Waals surface area (Å²) in [6, 6.07) is 8.29. The number of benzene rings is 1. The minimum absolute atomic E-state index is 0.351. The lowest BCUT2D eigenvalue weighted by atomic mass is 10.1. The third-order valence-electron chi connectivity index (χ3n) is 1.41. The number of ether oxygens (including phenoxy) is 1. The van der Waals surface area contributed by atoms with Gasteiger partial charge < -0.3 is 4.74 Å². The van der Waals surface area contributed by atoms with Gasteiger partial charge in [0.05, 0.1) is 7.11 Å². The molecule has 0 bridgehead atoms. The molecule has 14 heavy (non-hydrogen) atoms. The van der Waals surface area contributed by atoms with Crippen LogP contribution in [0.15, 0.2) is 30.3 Å². The number of methoxy groups -OCH3 is 1. The molecular weight excluding hydrogens is 180 g/mol. The first kappa shape index (κ1) is 12.4. The monoisotopic (exact) mass is 194 g/mol. The van der Waals surface area contributed by atoms with E-state index in [0.29, 0.717) is 5.56 Å². The molecule has 0 aliphatic heterocycles. The van der Waals surface area contributed by atoms with Gasteiger partial charge in [-0.3, -0.25) is 4.79 Å². The highest BCUT2D eigenvalue weighted by Crippen LogP contribution is 2.00. The largest absolute Gasteiger partial charge is 0.463 e. The summed E-state index contributed by atoms with van der Waals surface area (Å²) in [6.45, 7) is 4.00. The first-order valence-electron chi connectivity index (χ1n) is 4.43. The molecule has 0 spiro atoms. The molecule has 0 aromatic heterocycles. The van der Waals surface area contributed by atoms with E-state index in [1.807, 2.05) is 13.8 Å². The van der Waals surface area contributed by atoms with Gasteiger partial charge in [-0.2, -0.15) is 0 Å². The van der Waals surface area contributed by atoms with Crippen LogP contribution in [0, 0.1) is 0 Å². The van der Waals surface area contributed by atoms with Crippen molar-refractivity contribution in [3.63, 3.8) is 0 Å². The molecule has 0 N–H and O–H groups in total. The molecular formula is C11H14O3. The number of carbonyl (C=O) groups is 2. The van der Waals surface area contributed by atoms with E-state index >= 15 is 0 Å². The Morgan fingerprint density at radius 3 is 2.00 bits per heavy atom. The molecule has 3 heteroatoms. The third kappa shape index (κ3) is 3.39. The molecule has 1 aromatic rings. The molecule has 0 amide bonds. The van der Waals surface area contributed by atoms with Gasteiger partial charge in [0, 0.05) is 5.56 Å². The van der Waals surface area contributed by atoms with E-state index in [0.717, 1.165) is 0 Å². The number of Topliss-reactive ketones (excluding diaryl/α,β-unsaturated/α-hetero) is 1. The molecule has 0 heterocycles. The van der Waals surface area contributed by atoms with Crippen molar-refractivity contribution in [3.8, 4) is 0 Å². The topological polar surface area (TPSA) is 43.4 Å². The normalized spacial score (nSPS) is 8.21. The Morgan fingerprint density at radius 2 is 1.57 bits per heavy atom. The van der Waals surface area contributed by atoms with Crippen molar-refractivity contribution in [2.24, 2.45) is 0 Å². The van der Waals surface area contributed by atoms with Crippen molar-refractivity contribution in [2.75, 3.05) is 7.11 Å². The van der Waals surface area contributed by atoms with E-state index in [4.69, 9.17) is 0 Å². The number of hydrogen-bond donors (Lipinski definition) is 0. The standard InChI is InChI=1S/C9H8O3.C2H6/c1-12-9(11)8(10)7-5-3-2-4-6-7;1-2/h2-6H,1H3;1-2H3. The molecule has 1 rings (SSSR count). The van der Waals surface area contributed by atoms with Gasteiger partial charge in [-0.15, -0.1) is 0 Å². The van der Waals surface area contributed by atoms with Crippen molar-refractivity contribution in [1.29, 1.82) is 0 Å². The van der Waals surface area contributed by atoms with Gasteiger partial charge in [0.1, 0.15) is 0 Å². The lowest BCUT2D eigenvalue weighted by molar-refractivity contribution is -0.135. The predicted molar refractivity (Wildman–Crippen MR) is 54.1 cm³/mol. The summed E-state index contributed by atoms with van der Waals surface area (Å²) in [5, 5.41) is 0. The van der Waals surface area contributed by atoms with Crippen LogP contribution in [0.1, 0.15) is 24.2 Å². The van der Waals surface area contributed by atoms with Gasteiger partial charge in [-0.1, -0.05) is 44.2 Å². The van der Waals surface area contributed by atoms with Crippen LogP contribution in [0.5, 0.6) is 0 Å². The number of ketones is 1. The van der Waals surface area contributed by atoms with Crippen LogP contribution in [0.2, 0.25) is 0 Å². The summed E-state index contributed by atoms with van der Waals surface area (Å²) in [4.78, 5) is 21.8. The second-order valence-corrected chi connectivity index (χ2v) is 2.19. The smallest absolute Gasteiger partial charge is 0.379 e. The number of rotatable bonds is 2. The minimum Gasteiger partial charge on any atom is -0.463 e. The highest BCUT2D eigenvalue weighted by atomic mass is 16.5. The zero-order chi connectivity index (χ0) is 11.0. The summed E-state index contributed by atoms with van der Waals surface area (Å²) >= 11 is 0. The van der Waals surface area contributed by atoms with Crippen molar-refractivity contribution in [3.05, 3.63) is 35.9 Å². The number of esters is 1. The molecule has 0 saturated carbocycles.